The minimum Gasteiger partial charge on any atom is -0.357 e. The molecule has 4 aromatic rings. The summed E-state index contributed by atoms with van der Waals surface area (Å²) in [5.41, 5.74) is 5.94. The van der Waals surface area contributed by atoms with E-state index in [2.05, 4.69) is 56.4 Å². The number of aryl methyl sites for hydroxylation is 1. The molecule has 1 saturated heterocycles. The second-order valence-electron chi connectivity index (χ2n) is 7.90. The van der Waals surface area contributed by atoms with Gasteiger partial charge in [-0.1, -0.05) is 18.2 Å². The molecule has 31 heavy (non-hydrogen) atoms. The van der Waals surface area contributed by atoms with E-state index in [4.69, 9.17) is 10.2 Å². The molecule has 0 saturated carbocycles. The molecule has 1 atom stereocenters. The van der Waals surface area contributed by atoms with E-state index >= 15 is 0 Å². The Morgan fingerprint density at radius 3 is 2.77 bits per heavy atom. The van der Waals surface area contributed by atoms with Gasteiger partial charge in [0.05, 0.1) is 36.0 Å². The van der Waals surface area contributed by atoms with Crippen LogP contribution in [0.4, 0.5) is 11.5 Å². The van der Waals surface area contributed by atoms with Gasteiger partial charge >= 0.3 is 0 Å². The van der Waals surface area contributed by atoms with Crippen molar-refractivity contribution in [2.24, 2.45) is 0 Å². The van der Waals surface area contributed by atoms with E-state index in [1.165, 1.54) is 22.2 Å². The number of nitrogens with zero attached hydrogens (tertiary/aromatic N) is 5. The average Bonchev–Trinajstić information content (AvgIpc) is 3.40. The van der Waals surface area contributed by atoms with Gasteiger partial charge in [-0.25, -0.2) is 9.97 Å². The maximum Gasteiger partial charge on any atom is 0.148 e. The molecule has 7 nitrogen and oxygen atoms in total. The molecular formula is C24H23N7. The summed E-state index contributed by atoms with van der Waals surface area (Å²) >= 11 is 0. The van der Waals surface area contributed by atoms with Gasteiger partial charge in [0.2, 0.25) is 0 Å². The van der Waals surface area contributed by atoms with Gasteiger partial charge in [0.25, 0.3) is 0 Å². The highest BCUT2D eigenvalue weighted by molar-refractivity contribution is 5.84. The van der Waals surface area contributed by atoms with Gasteiger partial charge in [-0.15, -0.1) is 0 Å². The predicted molar refractivity (Wildman–Crippen MR) is 120 cm³/mol. The molecule has 7 heteroatoms. The lowest BCUT2D eigenvalue weighted by atomic mass is 10.1. The number of rotatable bonds is 5. The molecule has 154 valence electrons. The van der Waals surface area contributed by atoms with Crippen LogP contribution in [-0.2, 0) is 6.54 Å². The second kappa shape index (κ2) is 8.17. The van der Waals surface area contributed by atoms with Crippen molar-refractivity contribution >= 4 is 22.4 Å². The third-order valence-corrected chi connectivity index (χ3v) is 5.96. The summed E-state index contributed by atoms with van der Waals surface area (Å²) in [6.45, 7) is 4.12. The number of nitriles is 1. The van der Waals surface area contributed by atoms with Gasteiger partial charge in [0.1, 0.15) is 17.6 Å². The zero-order chi connectivity index (χ0) is 21.2. The Bertz CT molecular complexity index is 1240. The van der Waals surface area contributed by atoms with E-state index in [0.717, 1.165) is 37.3 Å². The molecular weight excluding hydrogens is 386 g/mol. The molecule has 0 spiro atoms. The molecule has 1 aromatic carbocycles. The second-order valence-corrected chi connectivity index (χ2v) is 7.90. The topological polar surface area (TPSA) is 93.5 Å². The Morgan fingerprint density at radius 1 is 1.13 bits per heavy atom. The molecule has 0 bridgehead atoms. The van der Waals surface area contributed by atoms with E-state index in [1.54, 1.807) is 18.5 Å². The quantitative estimate of drug-likeness (QED) is 0.500. The van der Waals surface area contributed by atoms with E-state index in [-0.39, 0.29) is 6.04 Å². The molecule has 1 unspecified atom stereocenters. The maximum atomic E-state index is 8.86. The third-order valence-electron chi connectivity index (χ3n) is 5.96. The number of pyridine rings is 1. The Balaban J connectivity index is 1.30. The fourth-order valence-corrected chi connectivity index (χ4v) is 4.31. The van der Waals surface area contributed by atoms with Crippen LogP contribution in [0.25, 0.3) is 10.9 Å². The van der Waals surface area contributed by atoms with Crippen LogP contribution in [0.1, 0.15) is 41.5 Å². The largest absolute Gasteiger partial charge is 0.357 e. The van der Waals surface area contributed by atoms with Crippen LogP contribution >= 0.6 is 0 Å². The lowest BCUT2D eigenvalue weighted by Gasteiger charge is -2.23. The van der Waals surface area contributed by atoms with Gasteiger partial charge in [0, 0.05) is 23.1 Å². The zero-order valence-electron chi connectivity index (χ0n) is 17.3. The number of nitrogens with one attached hydrogen (secondary N) is 2. The van der Waals surface area contributed by atoms with E-state index in [9.17, 15) is 0 Å². The van der Waals surface area contributed by atoms with Gasteiger partial charge < -0.3 is 10.3 Å². The fourth-order valence-electron chi connectivity index (χ4n) is 4.31. The van der Waals surface area contributed by atoms with Crippen molar-refractivity contribution in [2.75, 3.05) is 11.9 Å². The van der Waals surface area contributed by atoms with Crippen LogP contribution in [0.2, 0.25) is 0 Å². The zero-order valence-corrected chi connectivity index (χ0v) is 17.3. The summed E-state index contributed by atoms with van der Waals surface area (Å²) in [5, 5.41) is 13.3. The molecule has 3 aromatic heterocycles. The fraction of sp³-hybridized carbons (Fsp3) is 0.250. The molecule has 1 aliphatic rings. The lowest BCUT2D eigenvalue weighted by Crippen LogP contribution is -2.24. The number of hydrogen-bond acceptors (Lipinski definition) is 6. The number of para-hydroxylation sites is 1. The highest BCUT2D eigenvalue weighted by Crippen LogP contribution is 2.33. The molecule has 0 radical (unpaired) electrons. The highest BCUT2D eigenvalue weighted by Gasteiger charge is 2.28. The first-order chi connectivity index (χ1) is 15.2. The van der Waals surface area contributed by atoms with Crippen molar-refractivity contribution in [2.45, 2.75) is 32.4 Å². The van der Waals surface area contributed by atoms with Crippen molar-refractivity contribution < 1.29 is 0 Å². The number of hydrogen-bond donors (Lipinski definition) is 2. The van der Waals surface area contributed by atoms with E-state index in [1.807, 2.05) is 18.3 Å². The molecule has 1 fully saturated rings. The molecule has 0 aliphatic carbocycles. The number of likely N-dealkylation sites (tertiary alicyclic amines) is 1. The first-order valence-electron chi connectivity index (χ1n) is 10.5. The molecule has 1 aliphatic heterocycles. The Labute approximate surface area is 180 Å². The molecule has 4 heterocycles. The number of fused-ring (bicyclic) bond motifs is 1. The van der Waals surface area contributed by atoms with Crippen molar-refractivity contribution in [1.29, 1.82) is 5.26 Å². The van der Waals surface area contributed by atoms with Crippen LogP contribution in [0.3, 0.4) is 0 Å². The lowest BCUT2D eigenvalue weighted by molar-refractivity contribution is 0.241. The predicted octanol–water partition coefficient (Wildman–Crippen LogP) is 4.61. The Morgan fingerprint density at radius 2 is 2.03 bits per heavy atom. The summed E-state index contributed by atoms with van der Waals surface area (Å²) < 4.78 is 0. The Kier molecular flexibility index (Phi) is 5.06. The van der Waals surface area contributed by atoms with Crippen LogP contribution in [0.15, 0.2) is 55.0 Å². The molecule has 0 amide bonds. The van der Waals surface area contributed by atoms with Crippen molar-refractivity contribution in [3.05, 3.63) is 77.6 Å². The SMILES string of the molecule is Cc1c(CN2CCCC2c2cnc(Nc3ccc(C#N)nc3)cn2)[nH]c2ccccc12. The van der Waals surface area contributed by atoms with Crippen molar-refractivity contribution in [3.63, 3.8) is 0 Å². The monoisotopic (exact) mass is 409 g/mol. The first kappa shape index (κ1) is 19.2. The Hall–Kier alpha value is -3.76. The number of H-pyrrole nitrogens is 1. The minimum absolute atomic E-state index is 0.268. The van der Waals surface area contributed by atoms with Gasteiger partial charge in [-0.05, 0) is 50.1 Å². The normalized spacial score (nSPS) is 16.5. The third kappa shape index (κ3) is 3.86. The smallest absolute Gasteiger partial charge is 0.148 e. The summed E-state index contributed by atoms with van der Waals surface area (Å²) in [4.78, 5) is 19.4. The minimum atomic E-state index is 0.268. The number of anilines is 2. The maximum absolute atomic E-state index is 8.86. The molecule has 2 N–H and O–H groups in total. The molecule has 5 rings (SSSR count). The van der Waals surface area contributed by atoms with Crippen LogP contribution in [0.5, 0.6) is 0 Å². The van der Waals surface area contributed by atoms with Gasteiger partial charge in [-0.3, -0.25) is 9.88 Å². The van der Waals surface area contributed by atoms with E-state index in [0.29, 0.717) is 11.5 Å². The van der Waals surface area contributed by atoms with Gasteiger partial charge in [0.15, 0.2) is 0 Å². The summed E-state index contributed by atoms with van der Waals surface area (Å²) in [6, 6.07) is 14.2. The summed E-state index contributed by atoms with van der Waals surface area (Å²) in [6.07, 6.45) is 7.48. The first-order valence-corrected chi connectivity index (χ1v) is 10.5. The van der Waals surface area contributed by atoms with Gasteiger partial charge in [-0.2, -0.15) is 5.26 Å². The summed E-state index contributed by atoms with van der Waals surface area (Å²) in [7, 11) is 0. The highest BCUT2D eigenvalue weighted by atomic mass is 15.2. The van der Waals surface area contributed by atoms with Crippen LogP contribution in [-0.4, -0.2) is 31.4 Å². The summed E-state index contributed by atoms with van der Waals surface area (Å²) in [5.74, 6) is 0.659. The number of aromatic nitrogens is 4. The number of aromatic amines is 1. The standard InChI is InChI=1S/C24H23N7/c1-16-19-5-2-3-6-20(19)30-22(16)15-31-10-4-7-23(31)21-13-28-24(14-27-21)29-18-9-8-17(11-25)26-12-18/h2-3,5-6,8-9,12-14,23,30H,4,7,10,15H2,1H3,(H,28,29). The average molecular weight is 409 g/mol. The number of benzene rings is 1. The van der Waals surface area contributed by atoms with Crippen LogP contribution < -0.4 is 5.32 Å². The van der Waals surface area contributed by atoms with Crippen LogP contribution in [0, 0.1) is 18.3 Å². The van der Waals surface area contributed by atoms with Crippen molar-refractivity contribution in [3.8, 4) is 6.07 Å². The van der Waals surface area contributed by atoms with Crippen molar-refractivity contribution in [1.82, 2.24) is 24.8 Å². The van der Waals surface area contributed by atoms with E-state index < -0.39 is 0 Å².